The number of ketones is 3. The van der Waals surface area contributed by atoms with Crippen molar-refractivity contribution in [3.63, 3.8) is 0 Å². The molecule has 2 heterocycles. The number of nitriles is 1. The summed E-state index contributed by atoms with van der Waals surface area (Å²) in [6.45, 7) is 10.1. The second-order valence-electron chi connectivity index (χ2n) is 17.0. The molecule has 0 aliphatic carbocycles. The summed E-state index contributed by atoms with van der Waals surface area (Å²) >= 11 is 0. The number of aromatic hydroxyl groups is 1. The van der Waals surface area contributed by atoms with Gasteiger partial charge in [-0.05, 0) is 72.7 Å². The third-order valence-corrected chi connectivity index (χ3v) is 11.3. The van der Waals surface area contributed by atoms with Crippen molar-refractivity contribution in [3.8, 4) is 40.1 Å². The normalized spacial score (nSPS) is 17.0. The maximum absolute atomic E-state index is 14.6. The van der Waals surface area contributed by atoms with Crippen LogP contribution in [0.2, 0.25) is 0 Å². The fraction of sp³-hybridized carbons (Fsp3) is 0.417. The number of aromatic nitrogens is 2. The van der Waals surface area contributed by atoms with Crippen molar-refractivity contribution in [2.75, 3.05) is 26.7 Å². The van der Waals surface area contributed by atoms with Gasteiger partial charge in [-0.1, -0.05) is 64.1 Å². The highest BCUT2D eigenvalue weighted by atomic mass is 32.1. The average Bonchev–Trinajstić information content (AvgIpc) is 3.24. The van der Waals surface area contributed by atoms with Gasteiger partial charge < -0.3 is 31.5 Å². The van der Waals surface area contributed by atoms with Crippen LogP contribution in [-0.4, -0.2) is 81.9 Å². The number of likely N-dealkylation sites (N-methyl/N-ethyl adjacent to an activating group) is 1. The van der Waals surface area contributed by atoms with E-state index < -0.39 is 41.5 Å². The van der Waals surface area contributed by atoms with Crippen molar-refractivity contribution < 1.29 is 33.8 Å². The molecule has 3 aromatic carbocycles. The first kappa shape index (κ1) is 49.7. The number of nitrogens with one attached hydrogen (secondary N) is 1. The van der Waals surface area contributed by atoms with Crippen LogP contribution in [0.4, 0.5) is 0 Å². The number of aryl methyl sites for hydroxylation is 1. The van der Waals surface area contributed by atoms with E-state index in [-0.39, 0.29) is 100 Å². The molecule has 1 aliphatic heterocycles. The highest BCUT2D eigenvalue weighted by molar-refractivity contribution is 7.59. The third-order valence-electron chi connectivity index (χ3n) is 11.3. The highest BCUT2D eigenvalue weighted by Gasteiger charge is 2.36. The predicted octanol–water partition coefficient (Wildman–Crippen LogP) is 5.82. The van der Waals surface area contributed by atoms with Crippen molar-refractivity contribution >= 4 is 42.7 Å². The fourth-order valence-corrected chi connectivity index (χ4v) is 7.69. The first-order valence-electron chi connectivity index (χ1n) is 20.9. The lowest BCUT2D eigenvalue weighted by molar-refractivity contribution is -0.142. The molecule has 0 saturated carbocycles. The number of hydrogen-bond acceptors (Lipinski definition) is 12. The van der Waals surface area contributed by atoms with E-state index in [0.29, 0.717) is 39.5 Å². The van der Waals surface area contributed by atoms with Crippen LogP contribution in [0.15, 0.2) is 66.9 Å². The number of carbonyl (C=O) groups excluding carboxylic acids is 5. The van der Waals surface area contributed by atoms with Crippen LogP contribution in [0.5, 0.6) is 11.5 Å². The van der Waals surface area contributed by atoms with Crippen molar-refractivity contribution in [3.05, 3.63) is 94.8 Å². The van der Waals surface area contributed by atoms with Gasteiger partial charge >= 0.3 is 0 Å². The summed E-state index contributed by atoms with van der Waals surface area (Å²) in [6, 6.07) is 17.3. The first-order chi connectivity index (χ1) is 29.5. The Kier molecular flexibility index (Phi) is 17.3. The van der Waals surface area contributed by atoms with E-state index in [2.05, 4.69) is 36.1 Å². The Hall–Kier alpha value is -5.95. The van der Waals surface area contributed by atoms with E-state index in [9.17, 15) is 29.1 Å². The minimum atomic E-state index is -1.26. The van der Waals surface area contributed by atoms with Crippen LogP contribution < -0.4 is 21.5 Å². The van der Waals surface area contributed by atoms with Gasteiger partial charge in [-0.3, -0.25) is 24.0 Å². The van der Waals surface area contributed by atoms with Gasteiger partial charge in [0.1, 0.15) is 24.1 Å². The number of amides is 2. The van der Waals surface area contributed by atoms with Crippen LogP contribution in [-0.2, 0) is 31.0 Å². The standard InChI is InChI=1S/C48H57N7O7.H2S/c1-28-22-42(59)44(55(6)47(61)33(17-19-50)26-41(58)37-27-52-45(53-29(37)2)31-10-13-34(14-11-31)48(3,4)5)32-12-16-43(62-21-20-51)36(25-32)35-23-30(9-15-39(35)56)24-38(54-46(28)60)40(57)8-7-18-49;/h9-16,23,25,27-28,33,38,44,56H,7-8,17,19-22,24,26,50-51H2,1-6H3,(H,54,60);1H2/t28-,33-,38+,44+;/m1./s1. The van der Waals surface area contributed by atoms with E-state index >= 15 is 0 Å². The largest absolute Gasteiger partial charge is 0.507 e. The Morgan fingerprint density at radius 1 is 1.02 bits per heavy atom. The zero-order valence-corrected chi connectivity index (χ0v) is 37.9. The molecule has 334 valence electrons. The van der Waals surface area contributed by atoms with E-state index in [0.717, 1.165) is 11.1 Å². The molecule has 6 N–H and O–H groups in total. The zero-order valence-electron chi connectivity index (χ0n) is 36.9. The molecule has 1 aromatic heterocycles. The number of phenols is 1. The number of carbonyl (C=O) groups is 5. The van der Waals surface area contributed by atoms with Crippen LogP contribution in [0.3, 0.4) is 0 Å². The van der Waals surface area contributed by atoms with E-state index in [4.69, 9.17) is 21.5 Å². The minimum absolute atomic E-state index is 0. The molecule has 1 aliphatic rings. The minimum Gasteiger partial charge on any atom is -0.507 e. The van der Waals surface area contributed by atoms with Crippen LogP contribution >= 0.6 is 13.5 Å². The Bertz CT molecular complexity index is 2360. The smallest absolute Gasteiger partial charge is 0.226 e. The van der Waals surface area contributed by atoms with Gasteiger partial charge in [0.05, 0.1) is 23.4 Å². The van der Waals surface area contributed by atoms with Crippen LogP contribution in [0.25, 0.3) is 22.5 Å². The fourth-order valence-electron chi connectivity index (χ4n) is 7.69. The summed E-state index contributed by atoms with van der Waals surface area (Å²) in [5, 5.41) is 23.2. The molecule has 0 spiro atoms. The molecule has 4 bridgehead atoms. The van der Waals surface area contributed by atoms with Gasteiger partial charge in [0, 0.05) is 74.0 Å². The second kappa shape index (κ2) is 21.9. The Labute approximate surface area is 376 Å². The molecule has 15 heteroatoms. The Morgan fingerprint density at radius 3 is 2.37 bits per heavy atom. The van der Waals surface area contributed by atoms with Crippen molar-refractivity contribution in [1.29, 1.82) is 5.26 Å². The summed E-state index contributed by atoms with van der Waals surface area (Å²) in [5.74, 6) is -3.46. The summed E-state index contributed by atoms with van der Waals surface area (Å²) in [5.41, 5.74) is 16.1. The summed E-state index contributed by atoms with van der Waals surface area (Å²) in [4.78, 5) is 80.5. The number of nitrogens with two attached hydrogens (primary N) is 2. The number of Topliss-reactive ketones (excluding diaryl/α,β-unsaturated/α-hetero) is 3. The average molecular weight is 878 g/mol. The van der Waals surface area contributed by atoms with E-state index in [1.165, 1.54) is 24.2 Å². The van der Waals surface area contributed by atoms with Gasteiger partial charge in [-0.2, -0.15) is 18.8 Å². The van der Waals surface area contributed by atoms with Gasteiger partial charge in [0.15, 0.2) is 23.2 Å². The molecule has 0 saturated heterocycles. The Balaban J connectivity index is 0.00000871. The second-order valence-corrected chi connectivity index (χ2v) is 17.0. The third kappa shape index (κ3) is 12.2. The SMILES string of the molecule is Cc1nc(-c2ccc(C(C)(C)C)cc2)ncc1C(=O)C[C@@H](CCN)C(=O)N(C)[C@@H]1C(=O)C[C@@H](C)C(=O)N[C@H](C(=O)CCC#N)Cc2ccc(O)c(c2)-c2cc1ccc2OCCN.S. The highest BCUT2D eigenvalue weighted by Crippen LogP contribution is 2.40. The van der Waals surface area contributed by atoms with Gasteiger partial charge in [-0.15, -0.1) is 0 Å². The topological polar surface area (TPSA) is 232 Å². The maximum Gasteiger partial charge on any atom is 0.226 e. The Morgan fingerprint density at radius 2 is 1.73 bits per heavy atom. The number of fused-ring (bicyclic) bond motifs is 5. The monoisotopic (exact) mass is 877 g/mol. The number of benzene rings is 3. The van der Waals surface area contributed by atoms with Crippen LogP contribution in [0.1, 0.15) is 98.6 Å². The molecule has 63 heavy (non-hydrogen) atoms. The van der Waals surface area contributed by atoms with Crippen molar-refractivity contribution in [1.82, 2.24) is 20.2 Å². The number of ether oxygens (including phenoxy) is 1. The number of phenolic OH excluding ortho intramolecular Hbond substituents is 1. The van der Waals surface area contributed by atoms with Crippen molar-refractivity contribution in [2.24, 2.45) is 23.3 Å². The molecule has 5 rings (SSSR count). The maximum atomic E-state index is 14.6. The lowest BCUT2D eigenvalue weighted by Gasteiger charge is -2.32. The molecule has 4 aromatic rings. The van der Waals surface area contributed by atoms with Gasteiger partial charge in [0.25, 0.3) is 0 Å². The van der Waals surface area contributed by atoms with Gasteiger partial charge in [0.2, 0.25) is 11.8 Å². The van der Waals surface area contributed by atoms with E-state index in [1.54, 1.807) is 44.2 Å². The molecule has 2 amide bonds. The lowest BCUT2D eigenvalue weighted by atomic mass is 9.86. The predicted molar refractivity (Wildman–Crippen MR) is 245 cm³/mol. The molecular formula is C48H59N7O7S. The molecule has 0 radical (unpaired) electrons. The molecule has 4 atom stereocenters. The number of hydrogen-bond donors (Lipinski definition) is 4. The first-order valence-corrected chi connectivity index (χ1v) is 20.9. The van der Waals surface area contributed by atoms with Crippen LogP contribution in [0, 0.1) is 30.1 Å². The van der Waals surface area contributed by atoms with Crippen molar-refractivity contribution in [2.45, 2.75) is 90.6 Å². The molecule has 0 unspecified atom stereocenters. The zero-order chi connectivity index (χ0) is 45.3. The summed E-state index contributed by atoms with van der Waals surface area (Å²) in [7, 11) is 1.47. The van der Waals surface area contributed by atoms with Gasteiger partial charge in [-0.25, -0.2) is 9.97 Å². The molecule has 0 fully saturated rings. The van der Waals surface area contributed by atoms with E-state index in [1.807, 2.05) is 30.3 Å². The summed E-state index contributed by atoms with van der Waals surface area (Å²) < 4.78 is 6.00. The summed E-state index contributed by atoms with van der Waals surface area (Å²) in [6.07, 6.45) is 0.984. The number of nitrogens with zero attached hydrogens (tertiary/aromatic N) is 4. The number of rotatable bonds is 14. The quantitative estimate of drug-likeness (QED) is 0.110. The lowest BCUT2D eigenvalue weighted by Crippen LogP contribution is -2.46. The molecule has 14 nitrogen and oxygen atoms in total. The molecular weight excluding hydrogens is 819 g/mol.